The predicted molar refractivity (Wildman–Crippen MR) is 111 cm³/mol. The van der Waals surface area contributed by atoms with Crippen LogP contribution in [0.4, 0.5) is 23.7 Å². The summed E-state index contributed by atoms with van der Waals surface area (Å²) in [4.78, 5) is 28.6. The fraction of sp³-hybridized carbons (Fsp3) is 0.500. The molecule has 7 nitrogen and oxygen atoms in total. The quantitative estimate of drug-likeness (QED) is 0.678. The van der Waals surface area contributed by atoms with Crippen LogP contribution >= 0.6 is 0 Å². The summed E-state index contributed by atoms with van der Waals surface area (Å²) in [6.45, 7) is 8.42. The van der Waals surface area contributed by atoms with Crippen LogP contribution < -0.4 is 4.90 Å². The van der Waals surface area contributed by atoms with Crippen LogP contribution in [-0.4, -0.2) is 51.9 Å². The summed E-state index contributed by atoms with van der Waals surface area (Å²) in [5.41, 5.74) is 0.196. The summed E-state index contributed by atoms with van der Waals surface area (Å²) < 4.78 is 45.7. The Morgan fingerprint density at radius 3 is 2.28 bits per heavy atom. The van der Waals surface area contributed by atoms with Crippen molar-refractivity contribution in [1.29, 1.82) is 0 Å². The Kier molecular flexibility index (Phi) is 5.21. The number of benzene rings is 1. The lowest BCUT2D eigenvalue weighted by Crippen LogP contribution is -2.51. The van der Waals surface area contributed by atoms with Gasteiger partial charge in [0.1, 0.15) is 11.3 Å². The largest absolute Gasteiger partial charge is 0.444 e. The summed E-state index contributed by atoms with van der Waals surface area (Å²) in [5.74, 6) is -0.374. The van der Waals surface area contributed by atoms with Crippen LogP contribution in [0.1, 0.15) is 61.3 Å². The Bertz CT molecular complexity index is 1030. The van der Waals surface area contributed by atoms with E-state index in [-0.39, 0.29) is 17.9 Å². The second kappa shape index (κ2) is 7.53. The van der Waals surface area contributed by atoms with E-state index in [2.05, 4.69) is 5.10 Å². The van der Waals surface area contributed by atoms with Gasteiger partial charge in [-0.25, -0.2) is 4.79 Å². The van der Waals surface area contributed by atoms with E-state index in [1.807, 2.05) is 6.92 Å². The van der Waals surface area contributed by atoms with Gasteiger partial charge in [0.15, 0.2) is 0 Å². The van der Waals surface area contributed by atoms with Crippen molar-refractivity contribution in [3.05, 3.63) is 47.3 Å². The second-order valence-electron chi connectivity index (χ2n) is 9.28. The van der Waals surface area contributed by atoms with Gasteiger partial charge < -0.3 is 14.5 Å². The molecule has 0 saturated carbocycles. The van der Waals surface area contributed by atoms with Gasteiger partial charge in [0.2, 0.25) is 0 Å². The molecule has 0 spiro atoms. The highest BCUT2D eigenvalue weighted by atomic mass is 19.4. The van der Waals surface area contributed by atoms with E-state index in [9.17, 15) is 22.8 Å². The molecule has 2 aliphatic rings. The van der Waals surface area contributed by atoms with Crippen LogP contribution in [0.15, 0.2) is 30.5 Å². The molecule has 4 rings (SSSR count). The van der Waals surface area contributed by atoms with Gasteiger partial charge >= 0.3 is 12.3 Å². The summed E-state index contributed by atoms with van der Waals surface area (Å²) in [6.07, 6.45) is -3.19. The third kappa shape index (κ3) is 4.05. The lowest BCUT2D eigenvalue weighted by atomic mass is 9.91. The molecule has 10 heteroatoms. The minimum atomic E-state index is -4.44. The van der Waals surface area contributed by atoms with Gasteiger partial charge in [0.05, 0.1) is 17.8 Å². The summed E-state index contributed by atoms with van der Waals surface area (Å²) in [7, 11) is 0. The fourth-order valence-corrected chi connectivity index (χ4v) is 3.99. The molecule has 1 fully saturated rings. The minimum Gasteiger partial charge on any atom is -0.444 e. The first-order chi connectivity index (χ1) is 14.8. The van der Waals surface area contributed by atoms with Crippen molar-refractivity contribution in [2.24, 2.45) is 0 Å². The number of amides is 2. The Labute approximate surface area is 183 Å². The van der Waals surface area contributed by atoms with Crippen LogP contribution in [0.3, 0.4) is 0 Å². The third-order valence-corrected chi connectivity index (χ3v) is 5.62. The molecule has 172 valence electrons. The lowest BCUT2D eigenvalue weighted by molar-refractivity contribution is -0.137. The lowest BCUT2D eigenvalue weighted by Gasteiger charge is -2.40. The molecule has 0 bridgehead atoms. The van der Waals surface area contributed by atoms with Gasteiger partial charge in [-0.3, -0.25) is 9.48 Å². The maximum Gasteiger partial charge on any atom is 0.416 e. The van der Waals surface area contributed by atoms with Crippen molar-refractivity contribution in [1.82, 2.24) is 14.7 Å². The molecular formula is C22H25F3N4O3. The molecule has 2 amide bonds. The first kappa shape index (κ1) is 22.2. The molecule has 2 aromatic rings. The smallest absolute Gasteiger partial charge is 0.416 e. The van der Waals surface area contributed by atoms with Gasteiger partial charge in [-0.1, -0.05) is 0 Å². The highest BCUT2D eigenvalue weighted by Gasteiger charge is 2.41. The monoisotopic (exact) mass is 450 g/mol. The number of alkyl halides is 3. The van der Waals surface area contributed by atoms with Crippen LogP contribution in [0, 0.1) is 0 Å². The van der Waals surface area contributed by atoms with E-state index in [1.54, 1.807) is 36.5 Å². The first-order valence-electron chi connectivity index (χ1n) is 10.4. The van der Waals surface area contributed by atoms with Crippen molar-refractivity contribution >= 4 is 17.7 Å². The van der Waals surface area contributed by atoms with Crippen LogP contribution in [-0.2, 0) is 10.9 Å². The molecular weight excluding hydrogens is 425 g/mol. The van der Waals surface area contributed by atoms with Gasteiger partial charge in [0, 0.05) is 36.8 Å². The maximum atomic E-state index is 13.3. The molecule has 0 radical (unpaired) electrons. The first-order valence-corrected chi connectivity index (χ1v) is 10.4. The zero-order valence-corrected chi connectivity index (χ0v) is 18.3. The number of fused-ring (bicyclic) bond motifs is 1. The molecule has 3 heterocycles. The number of carbonyl (C=O) groups excluding carboxylic acids is 2. The molecule has 2 aliphatic heterocycles. The van der Waals surface area contributed by atoms with Crippen LogP contribution in [0.5, 0.6) is 0 Å². The summed E-state index contributed by atoms with van der Waals surface area (Å²) in [6, 6.07) is 4.43. The third-order valence-electron chi connectivity index (χ3n) is 5.62. The standard InChI is InChI=1S/C22H25F3N4O3/c1-13-10-28(16-7-5-15(6-8-16)22(23,24)25)19(30)18-17(9-26-29(13)18)14-11-27(12-14)20(31)32-21(2,3)4/h5-9,13-14H,10-12H2,1-4H3. The zero-order chi connectivity index (χ0) is 23.4. The Hall–Kier alpha value is -3.04. The van der Waals surface area contributed by atoms with Gasteiger partial charge in [-0.05, 0) is 52.0 Å². The van der Waals surface area contributed by atoms with E-state index in [4.69, 9.17) is 4.74 Å². The van der Waals surface area contributed by atoms with Gasteiger partial charge in [-0.2, -0.15) is 18.3 Å². The summed E-state index contributed by atoms with van der Waals surface area (Å²) in [5, 5.41) is 4.38. The maximum absolute atomic E-state index is 13.3. The number of nitrogens with zero attached hydrogens (tertiary/aromatic N) is 4. The molecule has 1 unspecified atom stereocenters. The number of carbonyl (C=O) groups is 2. The number of halogens is 3. The molecule has 32 heavy (non-hydrogen) atoms. The Morgan fingerprint density at radius 2 is 1.72 bits per heavy atom. The molecule has 1 aromatic heterocycles. The fourth-order valence-electron chi connectivity index (χ4n) is 3.99. The predicted octanol–water partition coefficient (Wildman–Crippen LogP) is 4.46. The number of hydrogen-bond acceptors (Lipinski definition) is 4. The summed E-state index contributed by atoms with van der Waals surface area (Å²) >= 11 is 0. The number of hydrogen-bond donors (Lipinski definition) is 0. The van der Waals surface area contributed by atoms with Crippen molar-refractivity contribution in [2.45, 2.75) is 51.4 Å². The van der Waals surface area contributed by atoms with Crippen molar-refractivity contribution in [2.75, 3.05) is 24.5 Å². The van der Waals surface area contributed by atoms with E-state index < -0.39 is 23.4 Å². The molecule has 1 saturated heterocycles. The van der Waals surface area contributed by atoms with Gasteiger partial charge in [-0.15, -0.1) is 0 Å². The average Bonchev–Trinajstić information content (AvgIpc) is 3.07. The van der Waals surface area contributed by atoms with Crippen molar-refractivity contribution < 1.29 is 27.5 Å². The minimum absolute atomic E-state index is 0.0602. The number of rotatable bonds is 2. The number of aromatic nitrogens is 2. The van der Waals surface area contributed by atoms with Crippen LogP contribution in [0.25, 0.3) is 0 Å². The highest BCUT2D eigenvalue weighted by molar-refractivity contribution is 6.07. The molecule has 0 aliphatic carbocycles. The molecule has 1 aromatic carbocycles. The molecule has 0 N–H and O–H groups in total. The number of ether oxygens (including phenoxy) is 1. The highest BCUT2D eigenvalue weighted by Crippen LogP contribution is 2.36. The van der Waals surface area contributed by atoms with Gasteiger partial charge in [0.25, 0.3) is 5.91 Å². The van der Waals surface area contributed by atoms with Crippen LogP contribution in [0.2, 0.25) is 0 Å². The van der Waals surface area contributed by atoms with E-state index in [0.717, 1.165) is 17.7 Å². The van der Waals surface area contributed by atoms with Crippen molar-refractivity contribution in [3.8, 4) is 0 Å². The Balaban J connectivity index is 1.54. The zero-order valence-electron chi connectivity index (χ0n) is 18.3. The second-order valence-corrected chi connectivity index (χ2v) is 9.28. The van der Waals surface area contributed by atoms with Crippen molar-refractivity contribution in [3.63, 3.8) is 0 Å². The SMILES string of the molecule is CC1CN(c2ccc(C(F)(F)F)cc2)C(=O)c2c(C3CN(C(=O)OC(C)(C)C)C3)cnn21. The number of likely N-dealkylation sites (tertiary alicyclic amines) is 1. The van der Waals surface area contributed by atoms with E-state index >= 15 is 0 Å². The molecule has 1 atom stereocenters. The Morgan fingerprint density at radius 1 is 1.09 bits per heavy atom. The average molecular weight is 450 g/mol. The van der Waals surface area contributed by atoms with E-state index in [1.165, 1.54) is 17.0 Å². The number of anilines is 1. The topological polar surface area (TPSA) is 67.7 Å². The normalized spacial score (nSPS) is 19.6. The van der Waals surface area contributed by atoms with E-state index in [0.29, 0.717) is 31.0 Å².